The summed E-state index contributed by atoms with van der Waals surface area (Å²) in [6, 6.07) is 0. The number of rotatable bonds is 2. The second-order valence-corrected chi connectivity index (χ2v) is 5.62. The van der Waals surface area contributed by atoms with Gasteiger partial charge in [-0.05, 0) is 40.0 Å². The highest BCUT2D eigenvalue weighted by Crippen LogP contribution is 2.33. The molecule has 2 rings (SSSR count). The van der Waals surface area contributed by atoms with Crippen molar-refractivity contribution in [2.45, 2.75) is 51.7 Å². The van der Waals surface area contributed by atoms with Crippen molar-refractivity contribution in [3.63, 3.8) is 0 Å². The van der Waals surface area contributed by atoms with Crippen LogP contribution in [0.5, 0.6) is 0 Å². The number of nitrogens with one attached hydrogen (secondary N) is 1. The van der Waals surface area contributed by atoms with E-state index in [-0.39, 0.29) is 6.10 Å². The van der Waals surface area contributed by atoms with Crippen molar-refractivity contribution in [1.29, 1.82) is 0 Å². The molecular formula is C12H20N2O3. The third-order valence-electron chi connectivity index (χ3n) is 3.00. The zero-order valence-electron chi connectivity index (χ0n) is 10.7. The first-order chi connectivity index (χ1) is 7.96. The lowest BCUT2D eigenvalue weighted by molar-refractivity contribution is 0.0535. The second kappa shape index (κ2) is 4.55. The average molecular weight is 240 g/mol. The molecule has 0 spiro atoms. The number of hydrogen-bond donors (Lipinski definition) is 1. The number of carbonyl (C=O) groups excluding carboxylic acids is 1. The Kier molecular flexibility index (Phi) is 3.26. The Bertz CT molecular complexity index is 333. The number of carbonyl (C=O) groups is 1. The number of alkyl carbamates (subject to hydrolysis) is 1. The maximum atomic E-state index is 11.5. The Hall–Kier alpha value is -1.26. The predicted molar refractivity (Wildman–Crippen MR) is 63.9 cm³/mol. The van der Waals surface area contributed by atoms with E-state index >= 15 is 0 Å². The molecule has 0 radical (unpaired) electrons. The highest BCUT2D eigenvalue weighted by atomic mass is 16.6. The standard InChI is InChI=1S/C12H20N2O3/c1-12(2,3)16-11(15)13-7-9-8-5-4-6-10(8)17-14-9/h8,10H,4-7H2,1-3H3,(H,13,15). The van der Waals surface area contributed by atoms with Crippen molar-refractivity contribution in [3.05, 3.63) is 0 Å². The van der Waals surface area contributed by atoms with Crippen LogP contribution in [0.3, 0.4) is 0 Å². The summed E-state index contributed by atoms with van der Waals surface area (Å²) < 4.78 is 5.16. The number of nitrogens with zero attached hydrogens (tertiary/aromatic N) is 1. The maximum Gasteiger partial charge on any atom is 0.407 e. The Morgan fingerprint density at radius 2 is 2.29 bits per heavy atom. The minimum Gasteiger partial charge on any atom is -0.444 e. The molecule has 0 aromatic heterocycles. The van der Waals surface area contributed by atoms with Gasteiger partial charge in [-0.25, -0.2) is 4.79 Å². The normalized spacial score (nSPS) is 27.1. The van der Waals surface area contributed by atoms with Gasteiger partial charge in [0.25, 0.3) is 0 Å². The molecule has 1 fully saturated rings. The highest BCUT2D eigenvalue weighted by molar-refractivity contribution is 5.92. The van der Waals surface area contributed by atoms with Crippen LogP contribution in [-0.4, -0.2) is 30.1 Å². The van der Waals surface area contributed by atoms with Crippen LogP contribution in [0.15, 0.2) is 5.16 Å². The van der Waals surface area contributed by atoms with E-state index in [0.29, 0.717) is 12.5 Å². The lowest BCUT2D eigenvalue weighted by atomic mass is 10.0. The van der Waals surface area contributed by atoms with Crippen molar-refractivity contribution in [3.8, 4) is 0 Å². The van der Waals surface area contributed by atoms with Crippen LogP contribution in [0, 0.1) is 5.92 Å². The van der Waals surface area contributed by atoms with Gasteiger partial charge in [0.05, 0.1) is 12.3 Å². The van der Waals surface area contributed by atoms with Gasteiger partial charge >= 0.3 is 6.09 Å². The minimum absolute atomic E-state index is 0.241. The Labute approximate surface area is 102 Å². The maximum absolute atomic E-state index is 11.5. The van der Waals surface area contributed by atoms with Gasteiger partial charge in [-0.1, -0.05) is 5.16 Å². The number of hydrogen-bond acceptors (Lipinski definition) is 4. The van der Waals surface area contributed by atoms with E-state index < -0.39 is 11.7 Å². The van der Waals surface area contributed by atoms with E-state index in [1.807, 2.05) is 20.8 Å². The molecule has 1 heterocycles. The number of fused-ring (bicyclic) bond motifs is 1. The molecule has 5 heteroatoms. The van der Waals surface area contributed by atoms with Gasteiger partial charge in [0, 0.05) is 5.92 Å². The Balaban J connectivity index is 1.77. The van der Waals surface area contributed by atoms with Gasteiger partial charge in [0.1, 0.15) is 11.7 Å². The van der Waals surface area contributed by atoms with Crippen LogP contribution in [0.2, 0.25) is 0 Å². The SMILES string of the molecule is CC(C)(C)OC(=O)NCC1=NOC2CCCC12. The van der Waals surface area contributed by atoms with E-state index in [4.69, 9.17) is 9.57 Å². The Morgan fingerprint density at radius 3 is 3.00 bits per heavy atom. The first-order valence-electron chi connectivity index (χ1n) is 6.15. The molecule has 2 aliphatic rings. The first-order valence-corrected chi connectivity index (χ1v) is 6.15. The van der Waals surface area contributed by atoms with Crippen LogP contribution >= 0.6 is 0 Å². The molecule has 17 heavy (non-hydrogen) atoms. The van der Waals surface area contributed by atoms with E-state index in [0.717, 1.165) is 18.6 Å². The van der Waals surface area contributed by atoms with E-state index in [1.54, 1.807) is 0 Å². The molecule has 0 aromatic rings. The van der Waals surface area contributed by atoms with Gasteiger partial charge < -0.3 is 14.9 Å². The van der Waals surface area contributed by atoms with Crippen molar-refractivity contribution in [2.75, 3.05) is 6.54 Å². The third-order valence-corrected chi connectivity index (χ3v) is 3.00. The fraction of sp³-hybridized carbons (Fsp3) is 0.833. The zero-order chi connectivity index (χ0) is 12.5. The molecule has 2 unspecified atom stereocenters. The van der Waals surface area contributed by atoms with Crippen molar-refractivity contribution in [1.82, 2.24) is 5.32 Å². The monoisotopic (exact) mass is 240 g/mol. The summed E-state index contributed by atoms with van der Waals surface area (Å²) in [5.41, 5.74) is 0.479. The first kappa shape index (κ1) is 12.2. The number of ether oxygens (including phenoxy) is 1. The van der Waals surface area contributed by atoms with Crippen LogP contribution in [-0.2, 0) is 9.57 Å². The van der Waals surface area contributed by atoms with Gasteiger partial charge in [-0.3, -0.25) is 0 Å². The summed E-state index contributed by atoms with van der Waals surface area (Å²) in [5, 5.41) is 6.76. The molecule has 1 aliphatic carbocycles. The molecule has 1 amide bonds. The highest BCUT2D eigenvalue weighted by Gasteiger charge is 2.37. The van der Waals surface area contributed by atoms with E-state index in [2.05, 4.69) is 10.5 Å². The molecule has 2 atom stereocenters. The fourth-order valence-corrected chi connectivity index (χ4v) is 2.28. The molecular weight excluding hydrogens is 220 g/mol. The molecule has 96 valence electrons. The largest absolute Gasteiger partial charge is 0.444 e. The fourth-order valence-electron chi connectivity index (χ4n) is 2.28. The quantitative estimate of drug-likeness (QED) is 0.803. The van der Waals surface area contributed by atoms with Crippen molar-refractivity contribution >= 4 is 11.8 Å². The lowest BCUT2D eigenvalue weighted by Crippen LogP contribution is -2.37. The van der Waals surface area contributed by atoms with Gasteiger partial charge in [-0.2, -0.15) is 0 Å². The van der Waals surface area contributed by atoms with Crippen molar-refractivity contribution < 1.29 is 14.4 Å². The number of oxime groups is 1. The zero-order valence-corrected chi connectivity index (χ0v) is 10.7. The lowest BCUT2D eigenvalue weighted by Gasteiger charge is -2.19. The molecule has 1 aliphatic heterocycles. The smallest absolute Gasteiger partial charge is 0.407 e. The second-order valence-electron chi connectivity index (χ2n) is 5.62. The summed E-state index contributed by atoms with van der Waals surface area (Å²) >= 11 is 0. The minimum atomic E-state index is -0.464. The topological polar surface area (TPSA) is 59.9 Å². The van der Waals surface area contributed by atoms with Crippen molar-refractivity contribution in [2.24, 2.45) is 11.1 Å². The van der Waals surface area contributed by atoms with E-state index in [9.17, 15) is 4.79 Å². The van der Waals surface area contributed by atoms with Crippen LogP contribution in [0.4, 0.5) is 4.79 Å². The van der Waals surface area contributed by atoms with Crippen LogP contribution in [0.1, 0.15) is 40.0 Å². The molecule has 0 bridgehead atoms. The summed E-state index contributed by atoms with van der Waals surface area (Å²) in [6.45, 7) is 5.96. The molecule has 0 saturated heterocycles. The molecule has 5 nitrogen and oxygen atoms in total. The van der Waals surface area contributed by atoms with Gasteiger partial charge in [0.2, 0.25) is 0 Å². The molecule has 1 N–H and O–H groups in total. The summed E-state index contributed by atoms with van der Waals surface area (Å²) in [7, 11) is 0. The third kappa shape index (κ3) is 3.11. The Morgan fingerprint density at radius 1 is 1.53 bits per heavy atom. The van der Waals surface area contributed by atoms with Crippen LogP contribution < -0.4 is 5.32 Å². The predicted octanol–water partition coefficient (Wildman–Crippen LogP) is 2.07. The molecule has 0 aromatic carbocycles. The molecule has 1 saturated carbocycles. The van der Waals surface area contributed by atoms with Gasteiger partial charge in [0.15, 0.2) is 0 Å². The van der Waals surface area contributed by atoms with E-state index in [1.165, 1.54) is 6.42 Å². The summed E-state index contributed by atoms with van der Waals surface area (Å²) in [6.07, 6.45) is 3.21. The summed E-state index contributed by atoms with van der Waals surface area (Å²) in [4.78, 5) is 16.8. The summed E-state index contributed by atoms with van der Waals surface area (Å²) in [5.74, 6) is 0.393. The number of amides is 1. The van der Waals surface area contributed by atoms with Gasteiger partial charge in [-0.15, -0.1) is 0 Å². The van der Waals surface area contributed by atoms with Crippen LogP contribution in [0.25, 0.3) is 0 Å². The average Bonchev–Trinajstić information content (AvgIpc) is 2.73.